The third-order valence-electron chi connectivity index (χ3n) is 5.81. The molecule has 2 heterocycles. The fraction of sp³-hybridized carbons (Fsp3) is 0.400. The van der Waals surface area contributed by atoms with Gasteiger partial charge in [0, 0.05) is 35.7 Å². The van der Waals surface area contributed by atoms with Gasteiger partial charge in [0.1, 0.15) is 18.1 Å². The quantitative estimate of drug-likeness (QED) is 0.534. The summed E-state index contributed by atoms with van der Waals surface area (Å²) in [6, 6.07) is 15.2. The van der Waals surface area contributed by atoms with Crippen molar-refractivity contribution in [1.82, 2.24) is 4.98 Å². The van der Waals surface area contributed by atoms with E-state index in [1.54, 1.807) is 0 Å². The topological polar surface area (TPSA) is 60.6 Å². The van der Waals surface area contributed by atoms with Crippen LogP contribution in [0.5, 0.6) is 11.5 Å². The van der Waals surface area contributed by atoms with Gasteiger partial charge in [0.2, 0.25) is 0 Å². The molecule has 4 rings (SSSR count). The lowest BCUT2D eigenvalue weighted by atomic mass is 9.95. The molecule has 1 aromatic heterocycles. The molecule has 0 spiro atoms. The number of H-pyrrole nitrogens is 1. The maximum atomic E-state index is 12.6. The van der Waals surface area contributed by atoms with Crippen molar-refractivity contribution in [2.75, 3.05) is 19.8 Å². The Balaban J connectivity index is 1.33. The van der Waals surface area contributed by atoms with Gasteiger partial charge in [-0.2, -0.15) is 0 Å². The summed E-state index contributed by atoms with van der Waals surface area (Å²) < 4.78 is 17.3. The first-order valence-electron chi connectivity index (χ1n) is 10.7. The minimum Gasteiger partial charge on any atom is -0.493 e. The monoisotopic (exact) mass is 407 g/mol. The largest absolute Gasteiger partial charge is 0.493 e. The maximum absolute atomic E-state index is 12.6. The highest BCUT2D eigenvalue weighted by Gasteiger charge is 2.13. The molecule has 1 aliphatic heterocycles. The first-order chi connectivity index (χ1) is 14.7. The number of rotatable bonds is 8. The molecule has 1 saturated heterocycles. The standard InChI is InChI=1S/C25H29NO4/c1-18-24(26-23-10-3-2-9-22(23)25(18)27)17-30-21-8-4-7-20(16-21)29-13-5-6-19-11-14-28-15-12-19/h2-4,7-10,16,19H,5-6,11-15,17H2,1H3,(H,26,27). The summed E-state index contributed by atoms with van der Waals surface area (Å²) in [5.41, 5.74) is 2.36. The number of nitrogens with one attached hydrogen (secondary N) is 1. The van der Waals surface area contributed by atoms with Crippen LogP contribution in [0.25, 0.3) is 10.9 Å². The van der Waals surface area contributed by atoms with Gasteiger partial charge in [-0.05, 0) is 62.8 Å². The van der Waals surface area contributed by atoms with Crippen molar-refractivity contribution in [3.8, 4) is 11.5 Å². The van der Waals surface area contributed by atoms with Gasteiger partial charge in [-0.1, -0.05) is 18.2 Å². The zero-order valence-electron chi connectivity index (χ0n) is 17.5. The third kappa shape index (κ3) is 5.03. The van der Waals surface area contributed by atoms with E-state index in [1.807, 2.05) is 55.5 Å². The average Bonchev–Trinajstić information content (AvgIpc) is 2.79. The molecule has 158 valence electrons. The average molecular weight is 408 g/mol. The van der Waals surface area contributed by atoms with Gasteiger partial charge in [0.25, 0.3) is 0 Å². The summed E-state index contributed by atoms with van der Waals surface area (Å²) in [6.45, 7) is 4.64. The molecule has 0 saturated carbocycles. The van der Waals surface area contributed by atoms with Crippen LogP contribution in [0.15, 0.2) is 53.3 Å². The van der Waals surface area contributed by atoms with E-state index in [4.69, 9.17) is 14.2 Å². The Kier molecular flexibility index (Phi) is 6.70. The predicted octanol–water partition coefficient (Wildman–Crippen LogP) is 5.00. The van der Waals surface area contributed by atoms with Crippen LogP contribution in [0.2, 0.25) is 0 Å². The van der Waals surface area contributed by atoms with Crippen LogP contribution in [0, 0.1) is 12.8 Å². The number of hydrogen-bond acceptors (Lipinski definition) is 4. The van der Waals surface area contributed by atoms with Crippen LogP contribution in [0.4, 0.5) is 0 Å². The van der Waals surface area contributed by atoms with Crippen LogP contribution < -0.4 is 14.9 Å². The molecular formula is C25H29NO4. The molecule has 2 aromatic carbocycles. The Morgan fingerprint density at radius 3 is 2.63 bits per heavy atom. The van der Waals surface area contributed by atoms with E-state index in [9.17, 15) is 4.79 Å². The molecule has 3 aromatic rings. The zero-order valence-corrected chi connectivity index (χ0v) is 17.5. The molecule has 0 amide bonds. The molecule has 0 bridgehead atoms. The van der Waals surface area contributed by atoms with Gasteiger partial charge in [-0.3, -0.25) is 4.79 Å². The molecule has 0 unspecified atom stereocenters. The van der Waals surface area contributed by atoms with Gasteiger partial charge in [-0.15, -0.1) is 0 Å². The van der Waals surface area contributed by atoms with Crippen molar-refractivity contribution in [3.63, 3.8) is 0 Å². The molecule has 0 atom stereocenters. The lowest BCUT2D eigenvalue weighted by Crippen LogP contribution is -2.16. The van der Waals surface area contributed by atoms with E-state index < -0.39 is 0 Å². The van der Waals surface area contributed by atoms with Crippen molar-refractivity contribution < 1.29 is 14.2 Å². The highest BCUT2D eigenvalue weighted by atomic mass is 16.5. The number of pyridine rings is 1. The van der Waals surface area contributed by atoms with E-state index in [-0.39, 0.29) is 5.43 Å². The number of para-hydroxylation sites is 1. The van der Waals surface area contributed by atoms with Crippen LogP contribution in [-0.2, 0) is 11.3 Å². The van der Waals surface area contributed by atoms with E-state index in [0.29, 0.717) is 24.2 Å². The van der Waals surface area contributed by atoms with E-state index >= 15 is 0 Å². The molecule has 1 aliphatic rings. The SMILES string of the molecule is Cc1c(COc2cccc(OCCCC3CCOCC3)c2)[nH]c2ccccc2c1=O. The van der Waals surface area contributed by atoms with Crippen LogP contribution in [-0.4, -0.2) is 24.8 Å². The van der Waals surface area contributed by atoms with Gasteiger partial charge in [0.15, 0.2) is 5.43 Å². The summed E-state index contributed by atoms with van der Waals surface area (Å²) in [5.74, 6) is 2.30. The lowest BCUT2D eigenvalue weighted by molar-refractivity contribution is 0.0620. The number of hydrogen-bond donors (Lipinski definition) is 1. The van der Waals surface area contributed by atoms with Gasteiger partial charge in [0.05, 0.1) is 12.3 Å². The highest BCUT2D eigenvalue weighted by Crippen LogP contribution is 2.23. The molecular weight excluding hydrogens is 378 g/mol. The fourth-order valence-corrected chi connectivity index (χ4v) is 3.94. The second-order valence-electron chi connectivity index (χ2n) is 7.91. The number of aromatic amines is 1. The minimum atomic E-state index is 0.0459. The van der Waals surface area contributed by atoms with Crippen LogP contribution in [0.1, 0.15) is 36.9 Å². The first-order valence-corrected chi connectivity index (χ1v) is 10.7. The lowest BCUT2D eigenvalue weighted by Gasteiger charge is -2.21. The second-order valence-corrected chi connectivity index (χ2v) is 7.91. The molecule has 1 fully saturated rings. The fourth-order valence-electron chi connectivity index (χ4n) is 3.94. The Bertz CT molecular complexity index is 1040. The van der Waals surface area contributed by atoms with Gasteiger partial charge in [-0.25, -0.2) is 0 Å². The minimum absolute atomic E-state index is 0.0459. The second kappa shape index (κ2) is 9.81. The Hall–Kier alpha value is -2.79. The predicted molar refractivity (Wildman–Crippen MR) is 118 cm³/mol. The van der Waals surface area contributed by atoms with Gasteiger partial charge < -0.3 is 19.2 Å². The summed E-state index contributed by atoms with van der Waals surface area (Å²) in [6.07, 6.45) is 4.57. The molecule has 0 aliphatic carbocycles. The van der Waals surface area contributed by atoms with Crippen LogP contribution >= 0.6 is 0 Å². The van der Waals surface area contributed by atoms with Crippen molar-refractivity contribution in [3.05, 3.63) is 70.0 Å². The normalized spacial score (nSPS) is 14.7. The first kappa shape index (κ1) is 20.5. The van der Waals surface area contributed by atoms with Gasteiger partial charge >= 0.3 is 0 Å². The number of fused-ring (bicyclic) bond motifs is 1. The molecule has 0 radical (unpaired) electrons. The molecule has 5 heteroatoms. The van der Waals surface area contributed by atoms with Crippen molar-refractivity contribution in [2.45, 2.75) is 39.2 Å². The van der Waals surface area contributed by atoms with E-state index in [2.05, 4.69) is 4.98 Å². The summed E-state index contributed by atoms with van der Waals surface area (Å²) in [4.78, 5) is 15.9. The summed E-state index contributed by atoms with van der Waals surface area (Å²) in [7, 11) is 0. The molecule has 30 heavy (non-hydrogen) atoms. The Morgan fingerprint density at radius 1 is 1.03 bits per heavy atom. The van der Waals surface area contributed by atoms with E-state index in [0.717, 1.165) is 48.3 Å². The van der Waals surface area contributed by atoms with Crippen molar-refractivity contribution in [2.24, 2.45) is 5.92 Å². The van der Waals surface area contributed by atoms with E-state index in [1.165, 1.54) is 19.3 Å². The zero-order chi connectivity index (χ0) is 20.8. The summed E-state index contributed by atoms with van der Waals surface area (Å²) in [5, 5.41) is 0.704. The number of aromatic nitrogens is 1. The molecule has 1 N–H and O–H groups in total. The van der Waals surface area contributed by atoms with Crippen molar-refractivity contribution >= 4 is 10.9 Å². The maximum Gasteiger partial charge on any atom is 0.192 e. The molecule has 5 nitrogen and oxygen atoms in total. The Labute approximate surface area is 177 Å². The third-order valence-corrected chi connectivity index (χ3v) is 5.81. The Morgan fingerprint density at radius 2 is 1.80 bits per heavy atom. The number of ether oxygens (including phenoxy) is 3. The smallest absolute Gasteiger partial charge is 0.192 e. The van der Waals surface area contributed by atoms with Crippen LogP contribution in [0.3, 0.4) is 0 Å². The number of benzene rings is 2. The van der Waals surface area contributed by atoms with Crippen molar-refractivity contribution in [1.29, 1.82) is 0 Å². The summed E-state index contributed by atoms with van der Waals surface area (Å²) >= 11 is 0. The highest BCUT2D eigenvalue weighted by molar-refractivity contribution is 5.79.